The molecule has 102 valence electrons. The minimum absolute atomic E-state index is 0.231. The van der Waals surface area contributed by atoms with Crippen LogP contribution in [0.1, 0.15) is 57.8 Å². The van der Waals surface area contributed by atoms with Gasteiger partial charge in [0.15, 0.2) is 0 Å². The highest BCUT2D eigenvalue weighted by molar-refractivity contribution is 5.79. The molecule has 0 aliphatic heterocycles. The molecule has 2 N–H and O–H groups in total. The van der Waals surface area contributed by atoms with E-state index in [1.54, 1.807) is 0 Å². The second kappa shape index (κ2) is 6.21. The van der Waals surface area contributed by atoms with E-state index >= 15 is 0 Å². The predicted molar refractivity (Wildman–Crippen MR) is 68.1 cm³/mol. The van der Waals surface area contributed by atoms with Crippen molar-refractivity contribution >= 4 is 11.9 Å². The van der Waals surface area contributed by atoms with Crippen LogP contribution in [-0.4, -0.2) is 23.0 Å². The monoisotopic (exact) mass is 253 g/mol. The van der Waals surface area contributed by atoms with Gasteiger partial charge in [0.1, 0.15) is 0 Å². The van der Waals surface area contributed by atoms with Crippen LogP contribution in [0.15, 0.2) is 0 Å². The topological polar surface area (TPSA) is 66.4 Å². The highest BCUT2D eigenvalue weighted by Gasteiger charge is 2.27. The van der Waals surface area contributed by atoms with Crippen molar-refractivity contribution < 1.29 is 14.7 Å². The molecule has 0 spiro atoms. The van der Waals surface area contributed by atoms with Crippen LogP contribution in [0.25, 0.3) is 0 Å². The Bertz CT molecular complexity index is 302. The number of hydrogen-bond donors (Lipinski definition) is 2. The van der Waals surface area contributed by atoms with Gasteiger partial charge in [-0.15, -0.1) is 0 Å². The number of rotatable bonds is 4. The van der Waals surface area contributed by atoms with E-state index in [0.717, 1.165) is 38.5 Å². The van der Waals surface area contributed by atoms with Crippen molar-refractivity contribution in [3.63, 3.8) is 0 Å². The summed E-state index contributed by atoms with van der Waals surface area (Å²) in [6.07, 6.45) is 8.48. The van der Waals surface area contributed by atoms with E-state index in [-0.39, 0.29) is 24.3 Å². The Morgan fingerprint density at radius 2 is 1.61 bits per heavy atom. The van der Waals surface area contributed by atoms with Crippen molar-refractivity contribution in [3.8, 4) is 0 Å². The Kier molecular flexibility index (Phi) is 4.61. The van der Waals surface area contributed by atoms with Gasteiger partial charge >= 0.3 is 5.97 Å². The zero-order chi connectivity index (χ0) is 13.0. The first-order valence-corrected chi connectivity index (χ1v) is 7.17. The minimum atomic E-state index is -0.701. The lowest BCUT2D eigenvalue weighted by Gasteiger charge is -2.29. The van der Waals surface area contributed by atoms with Gasteiger partial charge in [0.25, 0.3) is 0 Å². The number of amides is 1. The third-order valence-corrected chi connectivity index (χ3v) is 4.38. The van der Waals surface area contributed by atoms with E-state index < -0.39 is 5.97 Å². The fourth-order valence-electron chi connectivity index (χ4n) is 3.26. The average molecular weight is 253 g/mol. The number of aliphatic carboxylic acids is 1. The Hall–Kier alpha value is -1.06. The Balaban J connectivity index is 1.69. The Morgan fingerprint density at radius 1 is 1.00 bits per heavy atom. The van der Waals surface area contributed by atoms with Gasteiger partial charge in [0.2, 0.25) is 5.91 Å². The molecular weight excluding hydrogens is 230 g/mol. The highest BCUT2D eigenvalue weighted by Crippen LogP contribution is 2.28. The summed E-state index contributed by atoms with van der Waals surface area (Å²) < 4.78 is 0. The van der Waals surface area contributed by atoms with Gasteiger partial charge in [-0.2, -0.15) is 0 Å². The van der Waals surface area contributed by atoms with Crippen LogP contribution in [0.5, 0.6) is 0 Å². The molecule has 2 rings (SSSR count). The normalized spacial score (nSPS) is 29.1. The maximum atomic E-state index is 12.0. The lowest BCUT2D eigenvalue weighted by Crippen LogP contribution is -2.40. The van der Waals surface area contributed by atoms with E-state index in [4.69, 9.17) is 5.11 Å². The van der Waals surface area contributed by atoms with Crippen molar-refractivity contribution in [1.82, 2.24) is 5.32 Å². The van der Waals surface area contributed by atoms with Crippen LogP contribution in [0, 0.1) is 11.8 Å². The van der Waals surface area contributed by atoms with Crippen molar-refractivity contribution in [3.05, 3.63) is 0 Å². The second-order valence-corrected chi connectivity index (χ2v) is 5.81. The van der Waals surface area contributed by atoms with Crippen LogP contribution < -0.4 is 5.32 Å². The molecule has 2 fully saturated rings. The third-order valence-electron chi connectivity index (χ3n) is 4.38. The van der Waals surface area contributed by atoms with Gasteiger partial charge in [-0.1, -0.05) is 12.8 Å². The van der Waals surface area contributed by atoms with E-state index in [1.807, 2.05) is 0 Å². The molecule has 0 bridgehead atoms. The molecule has 0 unspecified atom stereocenters. The number of nitrogens with one attached hydrogen (secondary N) is 1. The van der Waals surface area contributed by atoms with Gasteiger partial charge in [0.05, 0.1) is 0 Å². The number of hydrogen-bond acceptors (Lipinski definition) is 2. The number of carbonyl (C=O) groups excluding carboxylic acids is 1. The van der Waals surface area contributed by atoms with E-state index in [1.165, 1.54) is 12.8 Å². The molecule has 0 radical (unpaired) electrons. The molecule has 4 heteroatoms. The molecule has 2 aliphatic rings. The molecule has 0 aromatic rings. The fraction of sp³-hybridized carbons (Fsp3) is 0.857. The van der Waals surface area contributed by atoms with Gasteiger partial charge in [0, 0.05) is 18.4 Å². The summed E-state index contributed by atoms with van der Waals surface area (Å²) in [5.74, 6) is 0.0755. The SMILES string of the molecule is O=C(O)CC1CCC(NC(=O)C2CCCC2)CC1. The van der Waals surface area contributed by atoms with E-state index in [9.17, 15) is 9.59 Å². The van der Waals surface area contributed by atoms with Gasteiger partial charge in [-0.3, -0.25) is 9.59 Å². The standard InChI is InChI=1S/C14H23NO3/c16-13(17)9-10-5-7-12(8-6-10)15-14(18)11-3-1-2-4-11/h10-12H,1-9H2,(H,15,18)(H,16,17). The average Bonchev–Trinajstić information content (AvgIpc) is 2.84. The summed E-state index contributed by atoms with van der Waals surface area (Å²) in [5, 5.41) is 11.9. The summed E-state index contributed by atoms with van der Waals surface area (Å²) in [6.45, 7) is 0. The van der Waals surface area contributed by atoms with Crippen molar-refractivity contribution in [2.45, 2.75) is 63.8 Å². The quantitative estimate of drug-likeness (QED) is 0.808. The zero-order valence-electron chi connectivity index (χ0n) is 10.9. The van der Waals surface area contributed by atoms with E-state index in [2.05, 4.69) is 5.32 Å². The molecule has 0 atom stereocenters. The smallest absolute Gasteiger partial charge is 0.303 e. The lowest BCUT2D eigenvalue weighted by atomic mass is 9.84. The number of carbonyl (C=O) groups is 2. The molecule has 0 saturated heterocycles. The lowest BCUT2D eigenvalue weighted by molar-refractivity contribution is -0.138. The predicted octanol–water partition coefficient (Wildman–Crippen LogP) is 2.33. The van der Waals surface area contributed by atoms with Crippen LogP contribution >= 0.6 is 0 Å². The number of carboxylic acid groups (broad SMARTS) is 1. The first-order chi connectivity index (χ1) is 8.65. The van der Waals surface area contributed by atoms with Crippen LogP contribution in [0.3, 0.4) is 0 Å². The molecule has 4 nitrogen and oxygen atoms in total. The van der Waals surface area contributed by atoms with Gasteiger partial charge < -0.3 is 10.4 Å². The molecule has 2 saturated carbocycles. The maximum absolute atomic E-state index is 12.0. The Labute approximate surface area is 108 Å². The van der Waals surface area contributed by atoms with E-state index in [0.29, 0.717) is 5.92 Å². The van der Waals surface area contributed by atoms with Gasteiger partial charge in [-0.05, 0) is 44.4 Å². The molecular formula is C14H23NO3. The molecule has 0 aromatic carbocycles. The Morgan fingerprint density at radius 3 is 2.17 bits per heavy atom. The summed E-state index contributed by atoms with van der Waals surface area (Å²) >= 11 is 0. The highest BCUT2D eigenvalue weighted by atomic mass is 16.4. The summed E-state index contributed by atoms with van der Waals surface area (Å²) in [7, 11) is 0. The van der Waals surface area contributed by atoms with Crippen LogP contribution in [0.2, 0.25) is 0 Å². The van der Waals surface area contributed by atoms with Crippen molar-refractivity contribution in [1.29, 1.82) is 0 Å². The summed E-state index contributed by atoms with van der Waals surface area (Å²) in [6, 6.07) is 0.281. The largest absolute Gasteiger partial charge is 0.481 e. The first kappa shape index (κ1) is 13.4. The van der Waals surface area contributed by atoms with Crippen LogP contribution in [-0.2, 0) is 9.59 Å². The second-order valence-electron chi connectivity index (χ2n) is 5.81. The molecule has 0 aromatic heterocycles. The first-order valence-electron chi connectivity index (χ1n) is 7.17. The molecule has 0 heterocycles. The molecule has 1 amide bonds. The summed E-state index contributed by atoms with van der Waals surface area (Å²) in [4.78, 5) is 22.6. The van der Waals surface area contributed by atoms with Gasteiger partial charge in [-0.25, -0.2) is 0 Å². The van der Waals surface area contributed by atoms with Crippen molar-refractivity contribution in [2.75, 3.05) is 0 Å². The minimum Gasteiger partial charge on any atom is -0.481 e. The maximum Gasteiger partial charge on any atom is 0.303 e. The fourth-order valence-corrected chi connectivity index (χ4v) is 3.26. The molecule has 18 heavy (non-hydrogen) atoms. The van der Waals surface area contributed by atoms with Crippen LogP contribution in [0.4, 0.5) is 0 Å². The number of carboxylic acids is 1. The summed E-state index contributed by atoms with van der Waals surface area (Å²) in [5.41, 5.74) is 0. The van der Waals surface area contributed by atoms with Crippen molar-refractivity contribution in [2.24, 2.45) is 11.8 Å². The zero-order valence-corrected chi connectivity index (χ0v) is 10.9. The third kappa shape index (κ3) is 3.72. The molecule has 2 aliphatic carbocycles.